The third-order valence-electron chi connectivity index (χ3n) is 4.74. The number of nitrogens with one attached hydrogen (secondary N) is 1. The van der Waals surface area contributed by atoms with Crippen LogP contribution in [-0.2, 0) is 4.74 Å². The number of nitrogens with zero attached hydrogens (tertiary/aromatic N) is 1. The zero-order valence-corrected chi connectivity index (χ0v) is 16.2. The number of fused-ring (bicyclic) bond motifs is 1. The van der Waals surface area contributed by atoms with E-state index in [2.05, 4.69) is 4.98 Å². The molecule has 8 nitrogen and oxygen atoms in total. The number of hydrogen-bond acceptors (Lipinski definition) is 7. The SMILES string of the molecule is CC[C@@H](C)n1c(O)c([C@@H]2OC(=O)c3c2ccc(OC)c3OC)c(=O)[nH]c1=S. The number of benzene rings is 1. The molecule has 27 heavy (non-hydrogen) atoms. The maximum absolute atomic E-state index is 12.6. The summed E-state index contributed by atoms with van der Waals surface area (Å²) in [6.07, 6.45) is -0.402. The Morgan fingerprint density at radius 3 is 2.63 bits per heavy atom. The summed E-state index contributed by atoms with van der Waals surface area (Å²) in [5.74, 6) is -0.406. The molecule has 0 bridgehead atoms. The van der Waals surface area contributed by atoms with Gasteiger partial charge in [0.15, 0.2) is 22.4 Å². The Morgan fingerprint density at radius 2 is 2.04 bits per heavy atom. The number of cyclic esters (lactones) is 1. The number of H-pyrrole nitrogens is 1. The second kappa shape index (κ2) is 7.07. The van der Waals surface area contributed by atoms with Gasteiger partial charge in [-0.3, -0.25) is 14.3 Å². The number of methoxy groups -OCH3 is 2. The Bertz CT molecular complexity index is 1030. The molecule has 2 atom stereocenters. The molecule has 0 unspecified atom stereocenters. The summed E-state index contributed by atoms with van der Waals surface area (Å²) >= 11 is 5.18. The molecular weight excluding hydrogens is 372 g/mol. The predicted molar refractivity (Wildman–Crippen MR) is 99.4 cm³/mol. The molecule has 2 aromatic rings. The molecule has 0 saturated carbocycles. The van der Waals surface area contributed by atoms with E-state index >= 15 is 0 Å². The zero-order valence-electron chi connectivity index (χ0n) is 15.4. The number of aromatic amines is 1. The Hall–Kier alpha value is -2.81. The van der Waals surface area contributed by atoms with Crippen molar-refractivity contribution in [3.8, 4) is 17.4 Å². The number of aromatic hydroxyl groups is 1. The summed E-state index contributed by atoms with van der Waals surface area (Å²) in [4.78, 5) is 27.6. The molecule has 1 aliphatic heterocycles. The minimum atomic E-state index is -1.08. The molecular formula is C18H20N2O6S. The van der Waals surface area contributed by atoms with Crippen molar-refractivity contribution in [1.82, 2.24) is 9.55 Å². The molecule has 0 amide bonds. The fraction of sp³-hybridized carbons (Fsp3) is 0.389. The minimum absolute atomic E-state index is 0.0804. The molecule has 0 saturated heterocycles. The molecule has 3 rings (SSSR count). The van der Waals surface area contributed by atoms with E-state index in [0.717, 1.165) is 0 Å². The second-order valence-electron chi connectivity index (χ2n) is 6.17. The van der Waals surface area contributed by atoms with Crippen LogP contribution < -0.4 is 15.0 Å². The topological polar surface area (TPSA) is 103 Å². The molecule has 9 heteroatoms. The average Bonchev–Trinajstić information content (AvgIpc) is 2.96. The van der Waals surface area contributed by atoms with Crippen molar-refractivity contribution >= 4 is 18.2 Å². The van der Waals surface area contributed by atoms with Gasteiger partial charge in [-0.2, -0.15) is 0 Å². The quantitative estimate of drug-likeness (QED) is 0.596. The highest BCUT2D eigenvalue weighted by Crippen LogP contribution is 2.45. The van der Waals surface area contributed by atoms with Crippen LogP contribution in [0.3, 0.4) is 0 Å². The monoisotopic (exact) mass is 392 g/mol. The summed E-state index contributed by atoms with van der Waals surface area (Å²) < 4.78 is 17.5. The van der Waals surface area contributed by atoms with Gasteiger partial charge in [-0.25, -0.2) is 4.79 Å². The first-order chi connectivity index (χ1) is 12.8. The van der Waals surface area contributed by atoms with Gasteiger partial charge in [0.1, 0.15) is 11.1 Å². The molecule has 2 N–H and O–H groups in total. The van der Waals surface area contributed by atoms with Crippen molar-refractivity contribution in [2.75, 3.05) is 14.2 Å². The van der Waals surface area contributed by atoms with Gasteiger partial charge in [0.2, 0.25) is 5.88 Å². The van der Waals surface area contributed by atoms with Gasteiger partial charge in [-0.05, 0) is 31.6 Å². The molecule has 2 heterocycles. The Labute approximate surface area is 160 Å². The van der Waals surface area contributed by atoms with Crippen molar-refractivity contribution in [3.63, 3.8) is 0 Å². The van der Waals surface area contributed by atoms with Crippen molar-refractivity contribution in [1.29, 1.82) is 0 Å². The van der Waals surface area contributed by atoms with E-state index in [9.17, 15) is 14.7 Å². The zero-order chi connectivity index (χ0) is 19.9. The van der Waals surface area contributed by atoms with Crippen LogP contribution in [0, 0.1) is 4.77 Å². The van der Waals surface area contributed by atoms with Gasteiger partial charge in [0, 0.05) is 11.6 Å². The fourth-order valence-corrected chi connectivity index (χ4v) is 3.55. The summed E-state index contributed by atoms with van der Waals surface area (Å²) in [7, 11) is 2.86. The summed E-state index contributed by atoms with van der Waals surface area (Å²) in [6.45, 7) is 3.79. The number of rotatable bonds is 5. The predicted octanol–water partition coefficient (Wildman–Crippen LogP) is 2.86. The third-order valence-corrected chi connectivity index (χ3v) is 5.03. The number of ether oxygens (including phenoxy) is 3. The van der Waals surface area contributed by atoms with Crippen LogP contribution in [0.5, 0.6) is 17.4 Å². The molecule has 0 spiro atoms. The van der Waals surface area contributed by atoms with Gasteiger partial charge in [-0.15, -0.1) is 0 Å². The van der Waals surface area contributed by atoms with Gasteiger partial charge in [0.05, 0.1) is 14.2 Å². The molecule has 1 aromatic carbocycles. The highest BCUT2D eigenvalue weighted by molar-refractivity contribution is 7.71. The average molecular weight is 392 g/mol. The summed E-state index contributed by atoms with van der Waals surface area (Å²) in [5, 5.41) is 10.8. The standard InChI is InChI=1S/C18H20N2O6S/c1-5-8(2)20-16(22)12(15(21)19-18(20)27)13-9-6-7-10(24-3)14(25-4)11(9)17(23)26-13/h6-8,13,22H,5H2,1-4H3,(H,19,21,27)/t8-,13-/m1/s1. The highest BCUT2D eigenvalue weighted by Gasteiger charge is 2.40. The van der Waals surface area contributed by atoms with Crippen molar-refractivity contribution in [2.24, 2.45) is 0 Å². The van der Waals surface area contributed by atoms with Crippen LogP contribution >= 0.6 is 12.2 Å². The Morgan fingerprint density at radius 1 is 1.33 bits per heavy atom. The van der Waals surface area contributed by atoms with Crippen LogP contribution in [0.15, 0.2) is 16.9 Å². The summed E-state index contributed by atoms with van der Waals surface area (Å²) in [5.41, 5.74) is -0.120. The van der Waals surface area contributed by atoms with Crippen LogP contribution in [0.1, 0.15) is 53.9 Å². The molecule has 144 valence electrons. The van der Waals surface area contributed by atoms with E-state index in [1.807, 2.05) is 13.8 Å². The Kier molecular flexibility index (Phi) is 4.97. The van der Waals surface area contributed by atoms with Gasteiger partial charge < -0.3 is 19.3 Å². The first-order valence-corrected chi connectivity index (χ1v) is 8.79. The number of esters is 1. The van der Waals surface area contributed by atoms with Crippen molar-refractivity contribution in [3.05, 3.63) is 43.9 Å². The van der Waals surface area contributed by atoms with Crippen molar-refractivity contribution in [2.45, 2.75) is 32.4 Å². The number of aromatic nitrogens is 2. The van der Waals surface area contributed by atoms with Gasteiger partial charge in [0.25, 0.3) is 5.56 Å². The Balaban J connectivity index is 2.26. The summed E-state index contributed by atoms with van der Waals surface area (Å²) in [6, 6.07) is 3.07. The van der Waals surface area contributed by atoms with Crippen LogP contribution in [-0.4, -0.2) is 34.8 Å². The van der Waals surface area contributed by atoms with Crippen LogP contribution in [0.4, 0.5) is 0 Å². The lowest BCUT2D eigenvalue weighted by molar-refractivity contribution is 0.0446. The third kappa shape index (κ3) is 2.87. The van der Waals surface area contributed by atoms with E-state index in [1.54, 1.807) is 12.1 Å². The van der Waals surface area contributed by atoms with Gasteiger partial charge in [-0.1, -0.05) is 13.0 Å². The lowest BCUT2D eigenvalue weighted by Gasteiger charge is -2.20. The maximum Gasteiger partial charge on any atom is 0.343 e. The first kappa shape index (κ1) is 19.0. The largest absolute Gasteiger partial charge is 0.494 e. The molecule has 1 aliphatic rings. The molecule has 0 fully saturated rings. The normalized spacial score (nSPS) is 16.6. The fourth-order valence-electron chi connectivity index (χ4n) is 3.20. The van der Waals surface area contributed by atoms with Crippen LogP contribution in [0.2, 0.25) is 0 Å². The molecule has 1 aromatic heterocycles. The van der Waals surface area contributed by atoms with E-state index in [1.165, 1.54) is 18.8 Å². The molecule has 0 radical (unpaired) electrons. The maximum atomic E-state index is 12.6. The smallest absolute Gasteiger partial charge is 0.343 e. The first-order valence-electron chi connectivity index (χ1n) is 8.39. The van der Waals surface area contributed by atoms with E-state index in [-0.39, 0.29) is 33.6 Å². The van der Waals surface area contributed by atoms with Crippen molar-refractivity contribution < 1.29 is 24.1 Å². The van der Waals surface area contributed by atoms with E-state index in [0.29, 0.717) is 17.7 Å². The van der Waals surface area contributed by atoms with Crippen LogP contribution in [0.25, 0.3) is 0 Å². The number of carbonyl (C=O) groups excluding carboxylic acids is 1. The van der Waals surface area contributed by atoms with Gasteiger partial charge >= 0.3 is 5.97 Å². The lowest BCUT2D eigenvalue weighted by Crippen LogP contribution is -2.23. The highest BCUT2D eigenvalue weighted by atomic mass is 32.1. The number of carbonyl (C=O) groups is 1. The van der Waals surface area contributed by atoms with E-state index in [4.69, 9.17) is 26.4 Å². The minimum Gasteiger partial charge on any atom is -0.494 e. The second-order valence-corrected chi connectivity index (χ2v) is 6.56. The number of hydrogen-bond donors (Lipinski definition) is 2. The lowest BCUT2D eigenvalue weighted by atomic mass is 9.99. The van der Waals surface area contributed by atoms with E-state index < -0.39 is 17.6 Å². The molecule has 0 aliphatic carbocycles.